The second-order valence-electron chi connectivity index (χ2n) is 3.99. The lowest BCUT2D eigenvalue weighted by molar-refractivity contribution is -0.119. The number of nitrogens with zero attached hydrogens (tertiary/aromatic N) is 3. The molecule has 0 unspecified atom stereocenters. The predicted molar refractivity (Wildman–Crippen MR) is 74.4 cm³/mol. The number of aromatic nitrogens is 2. The second kappa shape index (κ2) is 8.25. The summed E-state index contributed by atoms with van der Waals surface area (Å²) in [6.45, 7) is 4.01. The van der Waals surface area contributed by atoms with Gasteiger partial charge in [-0.15, -0.1) is 0 Å². The van der Waals surface area contributed by atoms with E-state index in [0.717, 1.165) is 6.54 Å². The number of nitrogens with one attached hydrogen (secondary N) is 2. The van der Waals surface area contributed by atoms with Crippen LogP contribution in [0.2, 0.25) is 0 Å². The van der Waals surface area contributed by atoms with Crippen LogP contribution in [-0.4, -0.2) is 56.3 Å². The quantitative estimate of drug-likeness (QED) is 0.651. The van der Waals surface area contributed by atoms with Crippen molar-refractivity contribution in [2.24, 2.45) is 0 Å². The molecular formula is C12H21N5O2. The van der Waals surface area contributed by atoms with Crippen LogP contribution >= 0.6 is 0 Å². The summed E-state index contributed by atoms with van der Waals surface area (Å²) in [4.78, 5) is 21.8. The molecule has 0 radical (unpaired) electrons. The molecule has 0 aliphatic carbocycles. The third kappa shape index (κ3) is 5.52. The molecule has 0 saturated carbocycles. The molecule has 0 aliphatic rings. The van der Waals surface area contributed by atoms with E-state index in [4.69, 9.17) is 4.74 Å². The van der Waals surface area contributed by atoms with Gasteiger partial charge in [0.1, 0.15) is 11.6 Å². The molecule has 0 aliphatic heterocycles. The first-order valence-corrected chi connectivity index (χ1v) is 6.20. The highest BCUT2D eigenvalue weighted by Gasteiger charge is 2.09. The van der Waals surface area contributed by atoms with Crippen molar-refractivity contribution in [1.82, 2.24) is 15.3 Å². The minimum atomic E-state index is -0.0739. The molecule has 0 bridgehead atoms. The lowest BCUT2D eigenvalue weighted by atomic mass is 10.4. The van der Waals surface area contributed by atoms with E-state index in [9.17, 15) is 4.79 Å². The number of ether oxygens (including phenoxy) is 1. The van der Waals surface area contributed by atoms with Crippen molar-refractivity contribution >= 4 is 17.5 Å². The molecule has 0 saturated heterocycles. The van der Waals surface area contributed by atoms with Gasteiger partial charge in [-0.3, -0.25) is 9.78 Å². The average Bonchev–Trinajstić information content (AvgIpc) is 2.39. The van der Waals surface area contributed by atoms with Gasteiger partial charge in [-0.25, -0.2) is 4.98 Å². The fourth-order valence-corrected chi connectivity index (χ4v) is 1.45. The van der Waals surface area contributed by atoms with Crippen LogP contribution in [0.3, 0.4) is 0 Å². The zero-order chi connectivity index (χ0) is 14.1. The Hall–Kier alpha value is -1.89. The topological polar surface area (TPSA) is 79.4 Å². The van der Waals surface area contributed by atoms with Crippen LogP contribution in [0.25, 0.3) is 0 Å². The third-order valence-electron chi connectivity index (χ3n) is 2.38. The Bertz CT molecular complexity index is 399. The number of carbonyl (C=O) groups is 1. The maximum absolute atomic E-state index is 11.6. The van der Waals surface area contributed by atoms with Gasteiger partial charge < -0.3 is 20.3 Å². The number of carbonyl (C=O) groups excluding carboxylic acids is 1. The molecule has 0 atom stereocenters. The number of methoxy groups -OCH3 is 1. The molecule has 1 aromatic heterocycles. The maximum atomic E-state index is 11.6. The molecule has 1 rings (SSSR count). The summed E-state index contributed by atoms with van der Waals surface area (Å²) in [6, 6.07) is 0. The minimum absolute atomic E-state index is 0.0739. The summed E-state index contributed by atoms with van der Waals surface area (Å²) in [5.74, 6) is 1.28. The fraction of sp³-hybridized carbons (Fsp3) is 0.583. The van der Waals surface area contributed by atoms with Crippen LogP contribution in [0.4, 0.5) is 11.6 Å². The number of rotatable bonds is 8. The molecule has 0 fully saturated rings. The highest BCUT2D eigenvalue weighted by Crippen LogP contribution is 2.10. The molecule has 7 heteroatoms. The molecule has 1 heterocycles. The monoisotopic (exact) mass is 267 g/mol. The second-order valence-corrected chi connectivity index (χ2v) is 3.99. The first-order valence-electron chi connectivity index (χ1n) is 6.20. The Kier molecular flexibility index (Phi) is 6.59. The summed E-state index contributed by atoms with van der Waals surface area (Å²) in [6.07, 6.45) is 3.28. The number of anilines is 2. The largest absolute Gasteiger partial charge is 0.383 e. The van der Waals surface area contributed by atoms with Crippen molar-refractivity contribution in [2.75, 3.05) is 50.6 Å². The zero-order valence-corrected chi connectivity index (χ0v) is 11.6. The van der Waals surface area contributed by atoms with Gasteiger partial charge in [0.25, 0.3) is 0 Å². The van der Waals surface area contributed by atoms with E-state index in [1.165, 1.54) is 0 Å². The van der Waals surface area contributed by atoms with E-state index in [-0.39, 0.29) is 12.5 Å². The smallest absolute Gasteiger partial charge is 0.239 e. The number of hydrogen-bond donors (Lipinski definition) is 2. The maximum Gasteiger partial charge on any atom is 0.239 e. The highest BCUT2D eigenvalue weighted by atomic mass is 16.5. The van der Waals surface area contributed by atoms with Crippen molar-refractivity contribution < 1.29 is 9.53 Å². The summed E-state index contributed by atoms with van der Waals surface area (Å²) < 4.78 is 4.87. The van der Waals surface area contributed by atoms with Gasteiger partial charge in [0.2, 0.25) is 5.91 Å². The van der Waals surface area contributed by atoms with E-state index in [0.29, 0.717) is 24.8 Å². The summed E-state index contributed by atoms with van der Waals surface area (Å²) in [7, 11) is 3.40. The molecule has 1 aromatic rings. The normalized spacial score (nSPS) is 10.1. The lowest BCUT2D eigenvalue weighted by Crippen LogP contribution is -2.37. The van der Waals surface area contributed by atoms with Crippen LogP contribution in [0, 0.1) is 0 Å². The molecule has 7 nitrogen and oxygen atoms in total. The first kappa shape index (κ1) is 15.2. The molecule has 2 N–H and O–H groups in total. The van der Waals surface area contributed by atoms with Gasteiger partial charge in [0, 0.05) is 27.2 Å². The standard InChI is InChI=1S/C12H21N5O2/c1-4-14-10-7-13-8-11(16-10)17(2)9-12(18)15-5-6-19-3/h7-8H,4-6,9H2,1-3H3,(H,14,16)(H,15,18). The first-order chi connectivity index (χ1) is 9.17. The van der Waals surface area contributed by atoms with Gasteiger partial charge >= 0.3 is 0 Å². The Morgan fingerprint density at radius 2 is 2.26 bits per heavy atom. The molecule has 19 heavy (non-hydrogen) atoms. The molecule has 1 amide bonds. The number of amides is 1. The Morgan fingerprint density at radius 3 is 2.95 bits per heavy atom. The van der Waals surface area contributed by atoms with Crippen LogP contribution in [0.5, 0.6) is 0 Å². The van der Waals surface area contributed by atoms with Crippen LogP contribution < -0.4 is 15.5 Å². The van der Waals surface area contributed by atoms with E-state index in [1.54, 1.807) is 31.5 Å². The fourth-order valence-electron chi connectivity index (χ4n) is 1.45. The van der Waals surface area contributed by atoms with Crippen molar-refractivity contribution in [3.05, 3.63) is 12.4 Å². The number of hydrogen-bond acceptors (Lipinski definition) is 6. The molecule has 106 valence electrons. The van der Waals surface area contributed by atoms with Crippen molar-refractivity contribution in [3.8, 4) is 0 Å². The van der Waals surface area contributed by atoms with Gasteiger partial charge in [0.15, 0.2) is 0 Å². The van der Waals surface area contributed by atoms with E-state index in [1.807, 2.05) is 6.92 Å². The summed E-state index contributed by atoms with van der Waals surface area (Å²) in [5, 5.41) is 5.84. The van der Waals surface area contributed by atoms with Crippen LogP contribution in [0.1, 0.15) is 6.92 Å². The van der Waals surface area contributed by atoms with Crippen molar-refractivity contribution in [1.29, 1.82) is 0 Å². The molecule has 0 spiro atoms. The highest BCUT2D eigenvalue weighted by molar-refractivity contribution is 5.80. The Balaban J connectivity index is 2.50. The summed E-state index contributed by atoms with van der Waals surface area (Å²) >= 11 is 0. The zero-order valence-electron chi connectivity index (χ0n) is 11.6. The van der Waals surface area contributed by atoms with Crippen molar-refractivity contribution in [2.45, 2.75) is 6.92 Å². The van der Waals surface area contributed by atoms with Crippen LogP contribution in [0.15, 0.2) is 12.4 Å². The van der Waals surface area contributed by atoms with E-state index in [2.05, 4.69) is 20.6 Å². The molecule has 0 aromatic carbocycles. The summed E-state index contributed by atoms with van der Waals surface area (Å²) in [5.41, 5.74) is 0. The van der Waals surface area contributed by atoms with Gasteiger partial charge in [-0.2, -0.15) is 0 Å². The van der Waals surface area contributed by atoms with Gasteiger partial charge in [-0.05, 0) is 6.92 Å². The minimum Gasteiger partial charge on any atom is -0.383 e. The lowest BCUT2D eigenvalue weighted by Gasteiger charge is -2.17. The predicted octanol–water partition coefficient (Wildman–Crippen LogP) is 0.107. The van der Waals surface area contributed by atoms with Gasteiger partial charge in [-0.1, -0.05) is 0 Å². The molecular weight excluding hydrogens is 246 g/mol. The number of likely N-dealkylation sites (N-methyl/N-ethyl adjacent to an activating group) is 1. The Labute approximate surface area is 113 Å². The Morgan fingerprint density at radius 1 is 1.47 bits per heavy atom. The van der Waals surface area contributed by atoms with Crippen molar-refractivity contribution in [3.63, 3.8) is 0 Å². The van der Waals surface area contributed by atoms with Crippen LogP contribution in [-0.2, 0) is 9.53 Å². The van der Waals surface area contributed by atoms with E-state index >= 15 is 0 Å². The third-order valence-corrected chi connectivity index (χ3v) is 2.38. The van der Waals surface area contributed by atoms with E-state index < -0.39 is 0 Å². The average molecular weight is 267 g/mol. The SMILES string of the molecule is CCNc1cncc(N(C)CC(=O)NCCOC)n1. The van der Waals surface area contributed by atoms with Gasteiger partial charge in [0.05, 0.1) is 25.5 Å².